The second-order valence-electron chi connectivity index (χ2n) is 3.31. The summed E-state index contributed by atoms with van der Waals surface area (Å²) in [6.07, 6.45) is 3.58. The van der Waals surface area contributed by atoms with Crippen LogP contribution in [0.1, 0.15) is 5.69 Å². The summed E-state index contributed by atoms with van der Waals surface area (Å²) < 4.78 is 1.77. The summed E-state index contributed by atoms with van der Waals surface area (Å²) in [6.45, 7) is 0.650. The molecule has 5 nitrogen and oxygen atoms in total. The Balaban J connectivity index is 1.99. The number of hydrogen-bond donors (Lipinski definition) is 2. The molecule has 78 valence electrons. The minimum Gasteiger partial charge on any atom is -0.399 e. The predicted molar refractivity (Wildman–Crippen MR) is 59.2 cm³/mol. The van der Waals surface area contributed by atoms with Gasteiger partial charge >= 0.3 is 0 Å². The van der Waals surface area contributed by atoms with Gasteiger partial charge in [0, 0.05) is 31.2 Å². The monoisotopic (exact) mass is 203 g/mol. The van der Waals surface area contributed by atoms with Crippen LogP contribution in [0.4, 0.5) is 11.5 Å². The van der Waals surface area contributed by atoms with Crippen molar-refractivity contribution in [3.63, 3.8) is 0 Å². The molecule has 0 amide bonds. The van der Waals surface area contributed by atoms with Crippen molar-refractivity contribution in [2.45, 2.75) is 6.54 Å². The first-order valence-corrected chi connectivity index (χ1v) is 4.68. The van der Waals surface area contributed by atoms with Crippen molar-refractivity contribution in [2.24, 2.45) is 7.05 Å². The van der Waals surface area contributed by atoms with Gasteiger partial charge in [-0.25, -0.2) is 4.98 Å². The van der Waals surface area contributed by atoms with E-state index in [9.17, 15) is 0 Å². The molecule has 5 heteroatoms. The molecule has 2 aromatic heterocycles. The summed E-state index contributed by atoms with van der Waals surface area (Å²) in [6, 6.07) is 5.51. The first-order chi connectivity index (χ1) is 7.24. The molecule has 2 aromatic rings. The summed E-state index contributed by atoms with van der Waals surface area (Å²) in [4.78, 5) is 4.14. The van der Waals surface area contributed by atoms with Gasteiger partial charge in [0.15, 0.2) is 0 Å². The number of rotatable bonds is 3. The van der Waals surface area contributed by atoms with Crippen LogP contribution in [0, 0.1) is 0 Å². The van der Waals surface area contributed by atoms with Crippen LogP contribution in [-0.4, -0.2) is 14.8 Å². The molecule has 0 unspecified atom stereocenters. The van der Waals surface area contributed by atoms with E-state index in [1.165, 1.54) is 0 Å². The van der Waals surface area contributed by atoms with Crippen LogP contribution in [0.2, 0.25) is 0 Å². The Bertz CT molecular complexity index is 449. The fourth-order valence-corrected chi connectivity index (χ4v) is 1.28. The number of anilines is 2. The van der Waals surface area contributed by atoms with E-state index >= 15 is 0 Å². The molecule has 0 aliphatic rings. The van der Waals surface area contributed by atoms with Gasteiger partial charge in [0.05, 0.1) is 12.2 Å². The Hall–Kier alpha value is -2.04. The molecule has 2 heterocycles. The number of pyridine rings is 1. The highest BCUT2D eigenvalue weighted by Crippen LogP contribution is 2.08. The fraction of sp³-hybridized carbons (Fsp3) is 0.200. The van der Waals surface area contributed by atoms with Crippen LogP contribution in [0.25, 0.3) is 0 Å². The molecule has 0 saturated carbocycles. The van der Waals surface area contributed by atoms with E-state index in [1.807, 2.05) is 19.3 Å². The summed E-state index contributed by atoms with van der Waals surface area (Å²) in [5, 5.41) is 7.39. The van der Waals surface area contributed by atoms with Crippen molar-refractivity contribution in [1.29, 1.82) is 0 Å². The van der Waals surface area contributed by atoms with Crippen LogP contribution in [0.5, 0.6) is 0 Å². The third-order valence-electron chi connectivity index (χ3n) is 2.00. The Morgan fingerprint density at radius 2 is 2.33 bits per heavy atom. The van der Waals surface area contributed by atoms with Crippen molar-refractivity contribution in [3.05, 3.63) is 36.3 Å². The lowest BCUT2D eigenvalue weighted by Crippen LogP contribution is -2.03. The molecule has 0 radical (unpaired) electrons. The SMILES string of the molecule is Cn1ccc(CNc2cc(N)ccn2)n1. The third kappa shape index (κ3) is 2.46. The Morgan fingerprint density at radius 1 is 1.47 bits per heavy atom. The van der Waals surface area contributed by atoms with Crippen LogP contribution in [-0.2, 0) is 13.6 Å². The minimum atomic E-state index is 0.650. The highest BCUT2D eigenvalue weighted by atomic mass is 15.3. The molecule has 0 aromatic carbocycles. The van der Waals surface area contributed by atoms with E-state index in [1.54, 1.807) is 23.0 Å². The number of aryl methyl sites for hydroxylation is 1. The van der Waals surface area contributed by atoms with Gasteiger partial charge in [0.2, 0.25) is 0 Å². The molecular weight excluding hydrogens is 190 g/mol. The zero-order valence-electron chi connectivity index (χ0n) is 8.51. The Labute approximate surface area is 87.9 Å². The minimum absolute atomic E-state index is 0.650. The van der Waals surface area contributed by atoms with Crippen molar-refractivity contribution in [2.75, 3.05) is 11.1 Å². The highest BCUT2D eigenvalue weighted by Gasteiger charge is 1.97. The van der Waals surface area contributed by atoms with Crippen molar-refractivity contribution in [1.82, 2.24) is 14.8 Å². The summed E-state index contributed by atoms with van der Waals surface area (Å²) in [7, 11) is 1.89. The summed E-state index contributed by atoms with van der Waals surface area (Å²) >= 11 is 0. The van der Waals surface area contributed by atoms with Crippen LogP contribution < -0.4 is 11.1 Å². The average Bonchev–Trinajstić information content (AvgIpc) is 2.62. The summed E-state index contributed by atoms with van der Waals surface area (Å²) in [5.74, 6) is 0.764. The maximum atomic E-state index is 5.63. The lowest BCUT2D eigenvalue weighted by Gasteiger charge is -2.03. The average molecular weight is 203 g/mol. The number of hydrogen-bond acceptors (Lipinski definition) is 4. The maximum Gasteiger partial charge on any atom is 0.128 e. The number of nitrogen functional groups attached to an aromatic ring is 1. The predicted octanol–water partition coefficient (Wildman–Crippen LogP) is 1.01. The van der Waals surface area contributed by atoms with Gasteiger partial charge in [0.1, 0.15) is 5.82 Å². The molecule has 15 heavy (non-hydrogen) atoms. The topological polar surface area (TPSA) is 68.8 Å². The maximum absolute atomic E-state index is 5.63. The lowest BCUT2D eigenvalue weighted by molar-refractivity contribution is 0.747. The Kier molecular flexibility index (Phi) is 2.53. The smallest absolute Gasteiger partial charge is 0.128 e. The van der Waals surface area contributed by atoms with E-state index in [2.05, 4.69) is 15.4 Å². The van der Waals surface area contributed by atoms with Gasteiger partial charge in [-0.05, 0) is 12.1 Å². The number of aromatic nitrogens is 3. The van der Waals surface area contributed by atoms with E-state index in [-0.39, 0.29) is 0 Å². The van der Waals surface area contributed by atoms with Gasteiger partial charge in [-0.1, -0.05) is 0 Å². The summed E-state index contributed by atoms with van der Waals surface area (Å²) in [5.41, 5.74) is 7.31. The van der Waals surface area contributed by atoms with E-state index in [4.69, 9.17) is 5.73 Å². The van der Waals surface area contributed by atoms with Crippen molar-refractivity contribution < 1.29 is 0 Å². The molecule has 0 fully saturated rings. The van der Waals surface area contributed by atoms with Crippen molar-refractivity contribution in [3.8, 4) is 0 Å². The van der Waals surface area contributed by atoms with Crippen molar-refractivity contribution >= 4 is 11.5 Å². The second-order valence-corrected chi connectivity index (χ2v) is 3.31. The molecule has 0 atom stereocenters. The zero-order chi connectivity index (χ0) is 10.7. The van der Waals surface area contributed by atoms with Gasteiger partial charge in [0.25, 0.3) is 0 Å². The molecule has 0 aliphatic heterocycles. The first kappa shape index (κ1) is 9.51. The molecule has 2 rings (SSSR count). The number of nitrogens with one attached hydrogen (secondary N) is 1. The van der Waals surface area contributed by atoms with Crippen LogP contribution in [0.3, 0.4) is 0 Å². The van der Waals surface area contributed by atoms with Gasteiger partial charge in [-0.15, -0.1) is 0 Å². The fourth-order valence-electron chi connectivity index (χ4n) is 1.28. The molecule has 0 spiro atoms. The van der Waals surface area contributed by atoms with E-state index < -0.39 is 0 Å². The van der Waals surface area contributed by atoms with Crippen LogP contribution >= 0.6 is 0 Å². The number of nitrogens with zero attached hydrogens (tertiary/aromatic N) is 3. The van der Waals surface area contributed by atoms with Crippen LogP contribution in [0.15, 0.2) is 30.6 Å². The zero-order valence-corrected chi connectivity index (χ0v) is 8.51. The van der Waals surface area contributed by atoms with E-state index in [0.29, 0.717) is 12.2 Å². The molecule has 0 aliphatic carbocycles. The molecule has 0 saturated heterocycles. The highest BCUT2D eigenvalue weighted by molar-refractivity contribution is 5.48. The molecule has 3 N–H and O–H groups in total. The molecule has 0 bridgehead atoms. The lowest BCUT2D eigenvalue weighted by atomic mass is 10.4. The largest absolute Gasteiger partial charge is 0.399 e. The van der Waals surface area contributed by atoms with Gasteiger partial charge < -0.3 is 11.1 Å². The second kappa shape index (κ2) is 4.00. The standard InChI is InChI=1S/C10H13N5/c1-15-5-3-9(14-15)7-13-10-6-8(11)2-4-12-10/h2-6H,7H2,1H3,(H3,11,12,13). The molecular formula is C10H13N5. The number of nitrogens with two attached hydrogens (primary N) is 1. The first-order valence-electron chi connectivity index (χ1n) is 4.68. The third-order valence-corrected chi connectivity index (χ3v) is 2.00. The quantitative estimate of drug-likeness (QED) is 0.781. The van der Waals surface area contributed by atoms with Gasteiger partial charge in [-0.2, -0.15) is 5.10 Å². The normalized spacial score (nSPS) is 10.2. The van der Waals surface area contributed by atoms with Gasteiger partial charge in [-0.3, -0.25) is 4.68 Å². The Morgan fingerprint density at radius 3 is 3.00 bits per heavy atom. The van der Waals surface area contributed by atoms with E-state index in [0.717, 1.165) is 11.5 Å².